The number of esters is 6. The third-order valence-corrected chi connectivity index (χ3v) is 21.7. The molecule has 23 rings (SSSR count). The van der Waals surface area contributed by atoms with Crippen LogP contribution in [-0.4, -0.2) is 42.9 Å². The predicted molar refractivity (Wildman–Crippen MR) is 430 cm³/mol. The van der Waals surface area contributed by atoms with E-state index in [1.807, 2.05) is 25.2 Å². The van der Waals surface area contributed by atoms with Gasteiger partial charge in [-0.05, 0) is 119 Å². The van der Waals surface area contributed by atoms with Crippen LogP contribution >= 0.6 is 46.4 Å². The van der Waals surface area contributed by atoms with Crippen LogP contribution < -0.4 is 78.8 Å². The predicted octanol–water partition coefficient (Wildman–Crippen LogP) is 10.7. The number of fused-ring (bicyclic) bond motifs is 21. The molecular formula is C84H30Cl4O31. The summed E-state index contributed by atoms with van der Waals surface area (Å²) in [5, 5.41) is 7.41. The molecule has 119 heavy (non-hydrogen) atoms. The van der Waals surface area contributed by atoms with Gasteiger partial charge in [-0.15, -0.1) is 0 Å². The molecule has 0 saturated carbocycles. The Morgan fingerprint density at radius 2 is 0.504 bits per heavy atom. The number of rotatable bonds is 0. The first-order valence-electron chi connectivity index (χ1n) is 33.8. The summed E-state index contributed by atoms with van der Waals surface area (Å²) < 4.78 is 49.6. The second kappa shape index (κ2) is 27.7. The van der Waals surface area contributed by atoms with E-state index in [0.29, 0.717) is 65.3 Å². The smallest absolute Gasteiger partial charge is 0.348 e. The van der Waals surface area contributed by atoms with E-state index in [1.165, 1.54) is 7.11 Å². The van der Waals surface area contributed by atoms with Crippen molar-refractivity contribution in [1.29, 1.82) is 0 Å². The average molecular weight is 1680 g/mol. The molecule has 13 aromatic carbocycles. The van der Waals surface area contributed by atoms with Gasteiger partial charge in [-0.3, -0.25) is 0 Å². The second-order valence-corrected chi connectivity index (χ2v) is 27.6. The van der Waals surface area contributed by atoms with Crippen molar-refractivity contribution < 1.29 is 80.1 Å². The van der Waals surface area contributed by atoms with Gasteiger partial charge in [0, 0.05) is 1.43 Å². The van der Waals surface area contributed by atoms with E-state index < -0.39 is 147 Å². The Hall–Kier alpha value is -15.9. The molecule has 0 aliphatic carbocycles. The van der Waals surface area contributed by atoms with E-state index >= 15 is 0 Å². The Kier molecular flexibility index (Phi) is 17.6. The maximum Gasteiger partial charge on any atom is 0.348 e. The number of ether oxygens (including phenoxy) is 4. The van der Waals surface area contributed by atoms with Crippen LogP contribution in [-0.2, 0) is 18.9 Å². The molecule has 0 amide bonds. The molecule has 580 valence electrons. The second-order valence-electron chi connectivity index (χ2n) is 26.0. The summed E-state index contributed by atoms with van der Waals surface area (Å²) in [7, 11) is 1.44. The number of aryl methyl sites for hydroxylation is 1. The highest BCUT2D eigenvalue weighted by molar-refractivity contribution is 6.55. The summed E-state index contributed by atoms with van der Waals surface area (Å²) in [5.41, 5.74) is -10.6. The van der Waals surface area contributed by atoms with Gasteiger partial charge in [-0.1, -0.05) is 149 Å². The highest BCUT2D eigenvalue weighted by atomic mass is 35.5. The van der Waals surface area contributed by atoms with Gasteiger partial charge in [-0.25, -0.2) is 95.9 Å². The molecule has 0 saturated heterocycles. The van der Waals surface area contributed by atoms with E-state index in [9.17, 15) is 95.9 Å². The van der Waals surface area contributed by atoms with E-state index in [0.717, 1.165) is 37.9 Å². The summed E-state index contributed by atoms with van der Waals surface area (Å²) in [5.74, 6) is -3.94. The average Bonchev–Trinajstić information content (AvgIpc) is 1.45. The van der Waals surface area contributed by atoms with Gasteiger partial charge in [0.25, 0.3) is 0 Å². The van der Waals surface area contributed by atoms with Crippen molar-refractivity contribution in [3.8, 4) is 12.5 Å². The fourth-order valence-corrected chi connectivity index (χ4v) is 16.2. The molecule has 31 nitrogen and oxygen atoms in total. The van der Waals surface area contributed by atoms with Gasteiger partial charge >= 0.3 is 115 Å². The van der Waals surface area contributed by atoms with E-state index in [4.69, 9.17) is 64.1 Å². The fraction of sp³-hybridized carbons (Fsp3) is 0.0238. The maximum absolute atomic E-state index is 12.3. The van der Waals surface area contributed by atoms with E-state index in [2.05, 4.69) is 38.6 Å². The molecule has 0 atom stereocenters. The zero-order valence-electron chi connectivity index (χ0n) is 58.9. The molecule has 7 aromatic heterocycles. The fourth-order valence-electron chi connectivity index (χ4n) is 15.2. The van der Waals surface area contributed by atoms with Crippen LogP contribution in [0.2, 0.25) is 20.1 Å². The van der Waals surface area contributed by atoms with Crippen LogP contribution in [0.3, 0.4) is 0 Å². The minimum Gasteiger partial charge on any atom is -0.450 e. The molecule has 0 unspecified atom stereocenters. The lowest BCUT2D eigenvalue weighted by molar-refractivity contribution is 0.0425. The molecule has 20 aromatic rings. The number of hydrogen-bond donors (Lipinski definition) is 0. The number of terminal acetylenes is 1. The van der Waals surface area contributed by atoms with Crippen LogP contribution in [0.5, 0.6) is 0 Å². The van der Waals surface area contributed by atoms with E-state index in [-0.39, 0.29) is 75.7 Å². The van der Waals surface area contributed by atoms with Crippen molar-refractivity contribution in [3.05, 3.63) is 332 Å². The summed E-state index contributed by atoms with van der Waals surface area (Å²) >= 11 is 22.9. The molecular weight excluding hydrogens is 1650 g/mol. The summed E-state index contributed by atoms with van der Waals surface area (Å²) in [6, 6.07) is 36.1. The van der Waals surface area contributed by atoms with Crippen molar-refractivity contribution >= 4 is 233 Å². The Morgan fingerprint density at radius 1 is 0.252 bits per heavy atom. The number of furan rings is 7. The molecule has 0 spiro atoms. The highest BCUT2D eigenvalue weighted by Crippen LogP contribution is 2.47. The van der Waals surface area contributed by atoms with Gasteiger partial charge < -0.3 is 49.9 Å². The molecule has 0 bridgehead atoms. The SMILES string of the molecule is C#COC.Cc1ccc2c(c1)C(=O)OC2=O.O=C1OC(=O)c2c(Cl)c(Cl)c(Cl)c(Cl)c21.O=C1OC(=O)c2ccccc21.O=c1oc(=O)c2c1c1c(=O)oc(=O)c1c1c(=O)oc(=O)c21.O=c1oc(=O)c2c1cc1c3cccc4c5c(=O)oc(=O)c5cc(c5cccc2c51)c34.O=c1oc(=O)c2c3cccc4c5c(=O)oc(=O)c5c5cccc(c12)c5c34.[HH]. The number of benzene rings is 13. The number of cyclic esters (lactones) is 6. The molecule has 3 aliphatic rings. The Bertz CT molecular complexity index is 8250. The Morgan fingerprint density at radius 3 is 0.815 bits per heavy atom. The van der Waals surface area contributed by atoms with E-state index in [1.54, 1.807) is 115 Å². The molecule has 3 aliphatic heterocycles. The van der Waals surface area contributed by atoms with Gasteiger partial charge in [-0.2, -0.15) is 0 Å². The van der Waals surface area contributed by atoms with Gasteiger partial charge in [0.15, 0.2) is 0 Å². The number of carbonyl (C=O) groups is 6. The maximum atomic E-state index is 12.3. The molecule has 0 N–H and O–H groups in total. The first-order valence-corrected chi connectivity index (χ1v) is 35.3. The van der Waals surface area contributed by atoms with Gasteiger partial charge in [0.1, 0.15) is 6.11 Å². The molecule has 35 heteroatoms. The minimum absolute atomic E-state index is 0. The summed E-state index contributed by atoms with van der Waals surface area (Å²) in [6.07, 6.45) is 6.49. The number of halogens is 4. The van der Waals surface area contributed by atoms with Crippen molar-refractivity contribution in [2.24, 2.45) is 0 Å². The third kappa shape index (κ3) is 11.3. The lowest BCUT2D eigenvalue weighted by Gasteiger charge is -2.14. The van der Waals surface area contributed by atoms with Crippen LogP contribution in [0.25, 0.3) is 151 Å². The van der Waals surface area contributed by atoms with Crippen molar-refractivity contribution in [3.63, 3.8) is 0 Å². The van der Waals surface area contributed by atoms with Gasteiger partial charge in [0.05, 0.1) is 136 Å². The summed E-state index contributed by atoms with van der Waals surface area (Å²) in [6.45, 7) is 1.86. The first kappa shape index (κ1) is 75.8. The van der Waals surface area contributed by atoms with Crippen LogP contribution in [0.4, 0.5) is 0 Å². The lowest BCUT2D eigenvalue weighted by Crippen LogP contribution is -2.02. The Balaban J connectivity index is 0.000000110. The number of methoxy groups -OCH3 is 1. The van der Waals surface area contributed by atoms with Crippen molar-refractivity contribution in [1.82, 2.24) is 0 Å². The molecule has 0 fully saturated rings. The highest BCUT2D eigenvalue weighted by Gasteiger charge is 2.39. The van der Waals surface area contributed by atoms with Crippen LogP contribution in [0.15, 0.2) is 225 Å². The van der Waals surface area contributed by atoms with Crippen LogP contribution in [0.1, 0.15) is 69.1 Å². The van der Waals surface area contributed by atoms with Crippen molar-refractivity contribution in [2.45, 2.75) is 6.92 Å². The Labute approximate surface area is 668 Å². The van der Waals surface area contributed by atoms with Crippen molar-refractivity contribution in [2.75, 3.05) is 7.11 Å². The number of carbonyl (C=O) groups excluding carboxylic acids is 6. The quantitative estimate of drug-likeness (QED) is 0.0199. The topological polar surface area (TPSA) is 470 Å². The zero-order valence-corrected chi connectivity index (χ0v) is 61.9. The summed E-state index contributed by atoms with van der Waals surface area (Å²) in [4.78, 5) is 234. The molecule has 10 heterocycles. The minimum atomic E-state index is -1.20. The van der Waals surface area contributed by atoms with Crippen LogP contribution in [0, 0.1) is 19.5 Å². The lowest BCUT2D eigenvalue weighted by atomic mass is 9.87. The number of hydrogen-bond acceptors (Lipinski definition) is 31. The monoisotopic (exact) mass is 1670 g/mol. The normalized spacial score (nSPS) is 12.7. The zero-order chi connectivity index (χ0) is 84.4. The molecule has 0 radical (unpaired) electrons. The standard InChI is InChI=1S/C24H8O6.C20H6O6.C12O9.C9H6O3.C8Cl4O3.C8H4O3.C3H4O.H2/c25-21-15-8-14-10-4-2-6-12-18(10)13(7-16-20(12)24(28)30-22(16)26)9-3-1-5-11(17(9)14)19(15)23(27)29-21;21-17-13-7-3-1-4-8-11(7)12-9(15(13)19(23)25-17)5-2-6-10(12)16-14(8)18(22)26-20(16)24;13-7-1-2(8(14)19-7)4-6(12(18)21-11(4)17)5-3(1)9(15)20-10(5)16;1-5-2-3-6-7(4-5)9(11)12-8(6)10;9-3-1-2(8(14)15-7(1)13)4(10)6(12)5(3)11;9-7-5-3-1-2-4-6(5)8(10)11-7;1-3-4-2;/h1-8H;1-6H;;2-4H,1H3;;1-4H;1H,2H3;1H. The van der Waals surface area contributed by atoms with Gasteiger partial charge in [0.2, 0.25) is 0 Å². The third-order valence-electron chi connectivity index (χ3n) is 19.9. The largest absolute Gasteiger partial charge is 0.450 e. The first-order chi connectivity index (χ1) is 56.9.